The minimum atomic E-state index is -0.00728. The SMILES string of the molecule is CSNC(=O)Cn1c2ccc(Br)cc2c2cc(Br)ccc21. The molecule has 0 spiro atoms. The third kappa shape index (κ3) is 2.84. The molecule has 0 unspecified atom stereocenters. The molecule has 1 heterocycles. The van der Waals surface area contributed by atoms with E-state index in [1.54, 1.807) is 0 Å². The molecule has 0 saturated carbocycles. The van der Waals surface area contributed by atoms with Crippen LogP contribution in [0.25, 0.3) is 21.8 Å². The van der Waals surface area contributed by atoms with Crippen LogP contribution in [-0.4, -0.2) is 16.7 Å². The number of amides is 1. The van der Waals surface area contributed by atoms with E-state index in [-0.39, 0.29) is 5.91 Å². The number of hydrogen-bond acceptors (Lipinski definition) is 2. The predicted octanol–water partition coefficient (Wildman–Crippen LogP) is 4.71. The van der Waals surface area contributed by atoms with Gasteiger partial charge in [-0.1, -0.05) is 43.8 Å². The highest BCUT2D eigenvalue weighted by atomic mass is 79.9. The van der Waals surface area contributed by atoms with Crippen LogP contribution < -0.4 is 4.72 Å². The highest BCUT2D eigenvalue weighted by Gasteiger charge is 2.13. The lowest BCUT2D eigenvalue weighted by Crippen LogP contribution is -2.21. The third-order valence-corrected chi connectivity index (χ3v) is 4.72. The number of rotatable bonds is 3. The van der Waals surface area contributed by atoms with Gasteiger partial charge in [0.25, 0.3) is 0 Å². The highest BCUT2D eigenvalue weighted by Crippen LogP contribution is 2.32. The first kappa shape index (κ1) is 14.9. The van der Waals surface area contributed by atoms with Gasteiger partial charge in [-0.25, -0.2) is 0 Å². The first-order valence-corrected chi connectivity index (χ1v) is 9.10. The van der Waals surface area contributed by atoms with Gasteiger partial charge in [0.1, 0.15) is 6.54 Å². The second kappa shape index (κ2) is 6.02. The van der Waals surface area contributed by atoms with Crippen molar-refractivity contribution in [3.8, 4) is 0 Å². The maximum absolute atomic E-state index is 12.0. The van der Waals surface area contributed by atoms with Gasteiger partial charge in [0.05, 0.1) is 0 Å². The van der Waals surface area contributed by atoms with E-state index in [0.717, 1.165) is 30.8 Å². The Bertz CT molecular complexity index is 785. The molecule has 6 heteroatoms. The first-order valence-electron chi connectivity index (χ1n) is 6.29. The molecule has 0 aliphatic rings. The molecule has 0 bridgehead atoms. The number of aromatic nitrogens is 1. The third-order valence-electron chi connectivity index (χ3n) is 3.31. The first-order chi connectivity index (χ1) is 10.1. The molecule has 0 saturated heterocycles. The van der Waals surface area contributed by atoms with Crippen LogP contribution in [0.15, 0.2) is 45.3 Å². The van der Waals surface area contributed by atoms with Crippen LogP contribution in [-0.2, 0) is 11.3 Å². The van der Waals surface area contributed by atoms with E-state index >= 15 is 0 Å². The van der Waals surface area contributed by atoms with Crippen molar-refractivity contribution < 1.29 is 4.79 Å². The van der Waals surface area contributed by atoms with Crippen molar-refractivity contribution in [1.82, 2.24) is 9.29 Å². The molecule has 1 amide bonds. The molecule has 2 aromatic carbocycles. The number of carbonyl (C=O) groups excluding carboxylic acids is 1. The minimum absolute atomic E-state index is 0.00728. The van der Waals surface area contributed by atoms with Gasteiger partial charge < -0.3 is 4.57 Å². The number of carbonyl (C=O) groups is 1. The molecular formula is C15H12Br2N2OS. The summed E-state index contributed by atoms with van der Waals surface area (Å²) in [6.07, 6.45) is 1.85. The summed E-state index contributed by atoms with van der Waals surface area (Å²) >= 11 is 8.36. The average molecular weight is 428 g/mol. The molecule has 108 valence electrons. The van der Waals surface area contributed by atoms with Gasteiger partial charge in [-0.15, -0.1) is 0 Å². The molecule has 0 aliphatic heterocycles. The van der Waals surface area contributed by atoms with E-state index in [9.17, 15) is 4.79 Å². The lowest BCUT2D eigenvalue weighted by Gasteiger charge is -2.07. The van der Waals surface area contributed by atoms with E-state index in [2.05, 4.69) is 53.3 Å². The van der Waals surface area contributed by atoms with Crippen molar-refractivity contribution >= 4 is 71.5 Å². The summed E-state index contributed by atoms with van der Waals surface area (Å²) in [6, 6.07) is 12.3. The quantitative estimate of drug-likeness (QED) is 0.614. The Labute approximate surface area is 143 Å². The zero-order valence-electron chi connectivity index (χ0n) is 11.2. The van der Waals surface area contributed by atoms with Crippen molar-refractivity contribution in [1.29, 1.82) is 0 Å². The number of nitrogens with zero attached hydrogens (tertiary/aromatic N) is 1. The molecule has 1 aromatic heterocycles. The molecule has 1 N–H and O–H groups in total. The number of nitrogens with one attached hydrogen (secondary N) is 1. The number of benzene rings is 2. The van der Waals surface area contributed by atoms with Crippen LogP contribution in [0.3, 0.4) is 0 Å². The van der Waals surface area contributed by atoms with E-state index in [0.29, 0.717) is 6.54 Å². The van der Waals surface area contributed by atoms with E-state index in [1.807, 2.05) is 30.5 Å². The highest BCUT2D eigenvalue weighted by molar-refractivity contribution is 9.10. The summed E-state index contributed by atoms with van der Waals surface area (Å²) in [7, 11) is 0. The van der Waals surface area contributed by atoms with E-state index < -0.39 is 0 Å². The van der Waals surface area contributed by atoms with Crippen LogP contribution >= 0.6 is 43.8 Å². The van der Waals surface area contributed by atoms with Crippen LogP contribution in [0.1, 0.15) is 0 Å². The Morgan fingerprint density at radius 3 is 2.10 bits per heavy atom. The van der Waals surface area contributed by atoms with Gasteiger partial charge in [-0.2, -0.15) is 0 Å². The molecule has 0 atom stereocenters. The summed E-state index contributed by atoms with van der Waals surface area (Å²) in [5, 5.41) is 2.27. The van der Waals surface area contributed by atoms with Gasteiger partial charge in [0.15, 0.2) is 0 Å². The molecule has 3 aromatic rings. The van der Waals surface area contributed by atoms with Crippen molar-refractivity contribution in [3.63, 3.8) is 0 Å². The fourth-order valence-corrected chi connectivity index (χ4v) is 3.52. The van der Waals surface area contributed by atoms with Crippen molar-refractivity contribution in [3.05, 3.63) is 45.3 Å². The predicted molar refractivity (Wildman–Crippen MR) is 96.5 cm³/mol. The summed E-state index contributed by atoms with van der Waals surface area (Å²) in [4.78, 5) is 12.0. The second-order valence-electron chi connectivity index (χ2n) is 4.64. The molecule has 21 heavy (non-hydrogen) atoms. The minimum Gasteiger partial charge on any atom is -0.331 e. The average Bonchev–Trinajstić information content (AvgIpc) is 2.72. The van der Waals surface area contributed by atoms with Gasteiger partial charge >= 0.3 is 0 Å². The Morgan fingerprint density at radius 1 is 1.10 bits per heavy atom. The summed E-state index contributed by atoms with van der Waals surface area (Å²) in [5.74, 6) is -0.00728. The van der Waals surface area contributed by atoms with E-state index in [4.69, 9.17) is 0 Å². The maximum atomic E-state index is 12.0. The Balaban J connectivity index is 2.27. The molecule has 0 aliphatic carbocycles. The number of fused-ring (bicyclic) bond motifs is 3. The summed E-state index contributed by atoms with van der Waals surface area (Å²) < 4.78 is 6.89. The Morgan fingerprint density at radius 2 is 1.62 bits per heavy atom. The zero-order chi connectivity index (χ0) is 15.0. The topological polar surface area (TPSA) is 34.0 Å². The van der Waals surface area contributed by atoms with Gasteiger partial charge in [0.2, 0.25) is 5.91 Å². The lowest BCUT2D eigenvalue weighted by molar-refractivity contribution is -0.119. The molecular weight excluding hydrogens is 416 g/mol. The van der Waals surface area contributed by atoms with Crippen LogP contribution in [0, 0.1) is 0 Å². The lowest BCUT2D eigenvalue weighted by atomic mass is 10.2. The van der Waals surface area contributed by atoms with Crippen molar-refractivity contribution in [2.24, 2.45) is 0 Å². The monoisotopic (exact) mass is 426 g/mol. The van der Waals surface area contributed by atoms with Crippen LogP contribution in [0.2, 0.25) is 0 Å². The summed E-state index contributed by atoms with van der Waals surface area (Å²) in [6.45, 7) is 0.310. The second-order valence-corrected chi connectivity index (χ2v) is 7.08. The smallest absolute Gasteiger partial charge is 0.249 e. The van der Waals surface area contributed by atoms with Crippen molar-refractivity contribution in [2.45, 2.75) is 6.54 Å². The van der Waals surface area contributed by atoms with Crippen LogP contribution in [0.4, 0.5) is 0 Å². The maximum Gasteiger partial charge on any atom is 0.249 e. The Kier molecular flexibility index (Phi) is 4.28. The largest absolute Gasteiger partial charge is 0.331 e. The number of halogens is 2. The van der Waals surface area contributed by atoms with Crippen molar-refractivity contribution in [2.75, 3.05) is 6.26 Å². The molecule has 3 nitrogen and oxygen atoms in total. The zero-order valence-corrected chi connectivity index (χ0v) is 15.2. The Hall–Kier alpha value is -0.980. The normalized spacial score (nSPS) is 11.2. The summed E-state index contributed by atoms with van der Waals surface area (Å²) in [5.41, 5.74) is 2.12. The van der Waals surface area contributed by atoms with Gasteiger partial charge in [-0.05, 0) is 36.4 Å². The van der Waals surface area contributed by atoms with Gasteiger partial charge in [0, 0.05) is 37.0 Å². The molecule has 0 fully saturated rings. The fourth-order valence-electron chi connectivity index (χ4n) is 2.51. The van der Waals surface area contributed by atoms with Gasteiger partial charge in [-0.3, -0.25) is 9.52 Å². The molecule has 0 radical (unpaired) electrons. The number of hydrogen-bond donors (Lipinski definition) is 1. The standard InChI is InChI=1S/C15H12Br2N2OS/c1-21-18-15(20)8-19-13-4-2-9(16)6-11(13)12-7-10(17)3-5-14(12)19/h2-7H,8H2,1H3,(H,18,20). The fraction of sp³-hybridized carbons (Fsp3) is 0.133. The van der Waals surface area contributed by atoms with Crippen LogP contribution in [0.5, 0.6) is 0 Å². The van der Waals surface area contributed by atoms with E-state index in [1.165, 1.54) is 11.9 Å². The molecule has 3 rings (SSSR count).